The first-order valence-corrected chi connectivity index (χ1v) is 13.3. The van der Waals surface area contributed by atoms with Gasteiger partial charge in [-0.1, -0.05) is 17.7 Å². The van der Waals surface area contributed by atoms with Gasteiger partial charge in [0.05, 0.1) is 12.1 Å². The van der Waals surface area contributed by atoms with Crippen LogP contribution in [0.15, 0.2) is 30.3 Å². The molecule has 4 rings (SSSR count). The van der Waals surface area contributed by atoms with E-state index in [1.165, 1.54) is 33.7 Å². The van der Waals surface area contributed by atoms with Crippen LogP contribution in [-0.4, -0.2) is 73.1 Å². The third-order valence-corrected chi connectivity index (χ3v) is 6.14. The van der Waals surface area contributed by atoms with E-state index in [4.69, 9.17) is 21.1 Å². The summed E-state index contributed by atoms with van der Waals surface area (Å²) in [7, 11) is 0. The molecule has 1 aliphatic rings. The van der Waals surface area contributed by atoms with Crippen molar-refractivity contribution in [3.05, 3.63) is 46.9 Å². The molecule has 2 atom stereocenters. The molecule has 3 aromatic rings. The van der Waals surface area contributed by atoms with Crippen molar-refractivity contribution in [1.29, 1.82) is 0 Å². The summed E-state index contributed by atoms with van der Waals surface area (Å²) in [6.45, 7) is 11.0. The molecule has 1 aromatic carbocycles. The summed E-state index contributed by atoms with van der Waals surface area (Å²) in [6.07, 6.45) is -0.976. The number of fused-ring (bicyclic) bond motifs is 1. The Morgan fingerprint density at radius 1 is 1.12 bits per heavy atom. The van der Waals surface area contributed by atoms with Crippen LogP contribution in [0.4, 0.5) is 26.5 Å². The predicted octanol–water partition coefficient (Wildman–Crippen LogP) is 5.00. The molecule has 2 aromatic heterocycles. The van der Waals surface area contributed by atoms with E-state index >= 15 is 0 Å². The number of aromatic nitrogens is 3. The van der Waals surface area contributed by atoms with Crippen LogP contribution in [0, 0.1) is 5.82 Å². The highest BCUT2D eigenvalue weighted by molar-refractivity contribution is 6.36. The quantitative estimate of drug-likeness (QED) is 0.359. The Labute approximate surface area is 236 Å². The number of amides is 1. The number of ether oxygens (including phenoxy) is 2. The topological polar surface area (TPSA) is 130 Å². The second kappa shape index (κ2) is 11.1. The maximum absolute atomic E-state index is 13.7. The van der Waals surface area contributed by atoms with Crippen molar-refractivity contribution in [3.8, 4) is 0 Å². The van der Waals surface area contributed by atoms with Gasteiger partial charge in [0.1, 0.15) is 27.9 Å². The van der Waals surface area contributed by atoms with Crippen LogP contribution in [0.2, 0.25) is 5.02 Å². The molecular formula is C27H34ClFN6O5. The van der Waals surface area contributed by atoms with E-state index in [1.807, 2.05) is 0 Å². The molecule has 1 aliphatic heterocycles. The van der Waals surface area contributed by atoms with Gasteiger partial charge < -0.3 is 30.1 Å². The maximum Gasteiger partial charge on any atom is 0.410 e. The molecule has 11 nitrogen and oxygen atoms in total. The van der Waals surface area contributed by atoms with E-state index in [9.17, 15) is 19.1 Å². The normalized spacial score (nSPS) is 18.0. The van der Waals surface area contributed by atoms with Gasteiger partial charge in [0.25, 0.3) is 0 Å². The number of carbonyl (C=O) groups is 2. The summed E-state index contributed by atoms with van der Waals surface area (Å²) in [5.74, 6) is -0.771. The molecule has 0 radical (unpaired) electrons. The number of anilines is 3. The lowest BCUT2D eigenvalue weighted by Crippen LogP contribution is -2.53. The number of aliphatic hydroxyl groups excluding tert-OH is 1. The number of nitrogens with one attached hydrogen (secondary N) is 2. The minimum absolute atomic E-state index is 0.0194. The van der Waals surface area contributed by atoms with Gasteiger partial charge in [-0.05, 0) is 66.2 Å². The van der Waals surface area contributed by atoms with E-state index in [0.717, 1.165) is 0 Å². The van der Waals surface area contributed by atoms with Crippen LogP contribution in [0.3, 0.4) is 0 Å². The van der Waals surface area contributed by atoms with E-state index < -0.39 is 41.2 Å². The number of piperidine rings is 1. The lowest BCUT2D eigenvalue weighted by atomic mass is 10.0. The number of halogens is 2. The Kier molecular flexibility index (Phi) is 8.13. The highest BCUT2D eigenvalue weighted by atomic mass is 35.5. The molecule has 0 unspecified atom stereocenters. The number of benzene rings is 1. The van der Waals surface area contributed by atoms with Crippen molar-refractivity contribution in [1.82, 2.24) is 19.5 Å². The van der Waals surface area contributed by atoms with Gasteiger partial charge in [-0.25, -0.2) is 23.5 Å². The molecular weight excluding hydrogens is 543 g/mol. The van der Waals surface area contributed by atoms with Crippen molar-refractivity contribution in [2.45, 2.75) is 71.3 Å². The number of esters is 1. The fraction of sp³-hybridized carbons (Fsp3) is 0.481. The molecule has 3 heterocycles. The Morgan fingerprint density at radius 3 is 2.48 bits per heavy atom. The smallest absolute Gasteiger partial charge is 0.410 e. The summed E-state index contributed by atoms with van der Waals surface area (Å²) in [4.78, 5) is 31.9. The molecule has 13 heteroatoms. The van der Waals surface area contributed by atoms with Gasteiger partial charge in [0.15, 0.2) is 17.2 Å². The number of aliphatic hydroxyl groups is 1. The Morgan fingerprint density at radius 2 is 1.82 bits per heavy atom. The highest BCUT2D eigenvalue weighted by Crippen LogP contribution is 2.31. The molecule has 40 heavy (non-hydrogen) atoms. The van der Waals surface area contributed by atoms with Crippen molar-refractivity contribution in [2.75, 3.05) is 23.7 Å². The van der Waals surface area contributed by atoms with Gasteiger partial charge in [-0.2, -0.15) is 0 Å². The van der Waals surface area contributed by atoms with E-state index in [-0.39, 0.29) is 34.5 Å². The minimum atomic E-state index is -0.799. The van der Waals surface area contributed by atoms with Crippen molar-refractivity contribution in [2.24, 2.45) is 0 Å². The first-order chi connectivity index (χ1) is 18.6. The third kappa shape index (κ3) is 7.11. The summed E-state index contributed by atoms with van der Waals surface area (Å²) in [6, 6.07) is 6.57. The maximum atomic E-state index is 13.7. The molecule has 0 saturated carbocycles. The molecule has 3 N–H and O–H groups in total. The number of carbonyl (C=O) groups excluding carboxylic acids is 2. The molecule has 1 fully saturated rings. The average Bonchev–Trinajstić information content (AvgIpc) is 3.13. The van der Waals surface area contributed by atoms with Gasteiger partial charge in [-0.15, -0.1) is 5.10 Å². The molecule has 216 valence electrons. The van der Waals surface area contributed by atoms with Crippen LogP contribution >= 0.6 is 11.6 Å². The third-order valence-electron chi connectivity index (χ3n) is 5.79. The Hall–Kier alpha value is -3.64. The lowest BCUT2D eigenvalue weighted by Gasteiger charge is -2.37. The van der Waals surface area contributed by atoms with E-state index in [2.05, 4.69) is 20.7 Å². The van der Waals surface area contributed by atoms with Gasteiger partial charge in [0.2, 0.25) is 0 Å². The Balaban J connectivity index is 1.69. The number of likely N-dealkylation sites (tertiary alicyclic amines) is 1. The first kappa shape index (κ1) is 29.3. The number of hydrogen-bond donors (Lipinski definition) is 3. The second-order valence-corrected chi connectivity index (χ2v) is 12.0. The zero-order chi connectivity index (χ0) is 29.4. The molecule has 0 bridgehead atoms. The summed E-state index contributed by atoms with van der Waals surface area (Å²) in [5.41, 5.74) is -0.921. The van der Waals surface area contributed by atoms with Crippen LogP contribution in [0.25, 0.3) is 5.65 Å². The molecule has 0 aliphatic carbocycles. The largest absolute Gasteiger partial charge is 0.455 e. The molecule has 1 amide bonds. The van der Waals surface area contributed by atoms with E-state index in [0.29, 0.717) is 18.7 Å². The lowest BCUT2D eigenvalue weighted by molar-refractivity contribution is 0.00542. The average molecular weight is 577 g/mol. The summed E-state index contributed by atoms with van der Waals surface area (Å²) >= 11 is 6.63. The second-order valence-electron chi connectivity index (χ2n) is 11.6. The minimum Gasteiger partial charge on any atom is -0.455 e. The number of hydrogen-bond acceptors (Lipinski definition) is 9. The molecule has 1 saturated heterocycles. The van der Waals surface area contributed by atoms with Crippen LogP contribution in [-0.2, 0) is 9.47 Å². The fourth-order valence-electron chi connectivity index (χ4n) is 4.09. The summed E-state index contributed by atoms with van der Waals surface area (Å²) in [5, 5.41) is 21.3. The SMILES string of the molecule is CC(C)(C)OC(=O)c1cc(N[C@H]2CN(C(=O)OC(C)(C)C)CC[C@@H]2O)nc2c(Cl)c(Nc3cccc(F)c3)nn12. The standard InChI is InChI=1S/C27H34ClFN6O5/c1-26(2,3)39-24(37)18-13-20(31-17-14-34(11-10-19(17)36)25(38)40-27(4,5)6)32-23-21(28)22(33-35(18)23)30-16-9-7-8-15(29)12-16/h7-9,12-13,17,19,36H,10-11,14H2,1-6H3,(H,30,33)(H,31,32)/t17-,19-/m0/s1. The Bertz CT molecular complexity index is 1420. The highest BCUT2D eigenvalue weighted by Gasteiger charge is 2.33. The zero-order valence-corrected chi connectivity index (χ0v) is 24.0. The van der Waals surface area contributed by atoms with Gasteiger partial charge in [0, 0.05) is 24.8 Å². The van der Waals surface area contributed by atoms with Crippen molar-refractivity contribution in [3.63, 3.8) is 0 Å². The molecule has 0 spiro atoms. The van der Waals surface area contributed by atoms with Crippen molar-refractivity contribution < 1.29 is 28.6 Å². The van der Waals surface area contributed by atoms with Crippen LogP contribution in [0.1, 0.15) is 58.5 Å². The number of rotatable bonds is 5. The number of nitrogens with zero attached hydrogens (tertiary/aromatic N) is 4. The van der Waals surface area contributed by atoms with Gasteiger partial charge in [-0.3, -0.25) is 0 Å². The van der Waals surface area contributed by atoms with Crippen LogP contribution < -0.4 is 10.6 Å². The zero-order valence-electron chi connectivity index (χ0n) is 23.3. The predicted molar refractivity (Wildman–Crippen MR) is 149 cm³/mol. The van der Waals surface area contributed by atoms with Crippen molar-refractivity contribution >= 4 is 46.6 Å². The monoisotopic (exact) mass is 576 g/mol. The first-order valence-electron chi connectivity index (χ1n) is 12.9. The van der Waals surface area contributed by atoms with Gasteiger partial charge >= 0.3 is 12.1 Å². The van der Waals surface area contributed by atoms with E-state index in [1.54, 1.807) is 47.6 Å². The fourth-order valence-corrected chi connectivity index (χ4v) is 4.30. The summed E-state index contributed by atoms with van der Waals surface area (Å²) < 4.78 is 26.0. The van der Waals surface area contributed by atoms with Crippen LogP contribution in [0.5, 0.6) is 0 Å².